The van der Waals surface area contributed by atoms with Crippen molar-refractivity contribution in [1.82, 2.24) is 0 Å². The van der Waals surface area contributed by atoms with Crippen LogP contribution in [0.2, 0.25) is 0 Å². The van der Waals surface area contributed by atoms with E-state index in [2.05, 4.69) is 13.8 Å². The molecule has 0 N–H and O–H groups in total. The highest BCUT2D eigenvalue weighted by molar-refractivity contribution is 4.57. The first kappa shape index (κ1) is 18.0. The van der Waals surface area contributed by atoms with E-state index >= 15 is 0 Å². The minimum absolute atomic E-state index is 1.37. The van der Waals surface area contributed by atoms with Gasteiger partial charge >= 0.3 is 0 Å². The predicted molar refractivity (Wildman–Crippen MR) is 91.1 cm³/mol. The molecular formula is C19H40N+. The van der Waals surface area contributed by atoms with Gasteiger partial charge in [0.05, 0.1) is 26.2 Å². The van der Waals surface area contributed by atoms with Crippen molar-refractivity contribution in [2.75, 3.05) is 26.2 Å². The molecule has 0 unspecified atom stereocenters. The summed E-state index contributed by atoms with van der Waals surface area (Å²) in [4.78, 5) is 0. The minimum atomic E-state index is 1.37. The summed E-state index contributed by atoms with van der Waals surface area (Å²) in [6.45, 7) is 10.6. The van der Waals surface area contributed by atoms with Crippen LogP contribution in [0.5, 0.6) is 0 Å². The van der Waals surface area contributed by atoms with Crippen molar-refractivity contribution in [3.8, 4) is 0 Å². The molecule has 0 amide bonds. The van der Waals surface area contributed by atoms with Crippen LogP contribution < -0.4 is 0 Å². The molecule has 1 heterocycles. The third-order valence-corrected chi connectivity index (χ3v) is 5.24. The maximum atomic E-state index is 2.32. The molecule has 120 valence electrons. The largest absolute Gasteiger partial charge is 0.324 e. The average Bonchev–Trinajstić information content (AvgIpc) is 2.92. The van der Waals surface area contributed by atoms with Gasteiger partial charge in [0.1, 0.15) is 0 Å². The summed E-state index contributed by atoms with van der Waals surface area (Å²) in [5.74, 6) is 0. The zero-order chi connectivity index (χ0) is 14.5. The quantitative estimate of drug-likeness (QED) is 0.290. The molecule has 0 aliphatic carbocycles. The van der Waals surface area contributed by atoms with E-state index in [4.69, 9.17) is 0 Å². The highest BCUT2D eigenvalue weighted by Crippen LogP contribution is 2.22. The van der Waals surface area contributed by atoms with Crippen LogP contribution in [0, 0.1) is 0 Å². The zero-order valence-electron chi connectivity index (χ0n) is 14.5. The normalized spacial score (nSPS) is 17.7. The fourth-order valence-electron chi connectivity index (χ4n) is 3.84. The van der Waals surface area contributed by atoms with Gasteiger partial charge in [0, 0.05) is 12.8 Å². The van der Waals surface area contributed by atoms with E-state index in [1.54, 1.807) is 0 Å². The van der Waals surface area contributed by atoms with E-state index in [-0.39, 0.29) is 0 Å². The Kier molecular flexibility index (Phi) is 10.4. The highest BCUT2D eigenvalue weighted by Gasteiger charge is 2.30. The maximum absolute atomic E-state index is 2.32. The van der Waals surface area contributed by atoms with E-state index in [0.29, 0.717) is 0 Å². The van der Waals surface area contributed by atoms with E-state index in [1.165, 1.54) is 114 Å². The third-order valence-electron chi connectivity index (χ3n) is 5.24. The van der Waals surface area contributed by atoms with Crippen molar-refractivity contribution in [2.45, 2.75) is 97.3 Å². The van der Waals surface area contributed by atoms with E-state index in [1.807, 2.05) is 0 Å². The van der Waals surface area contributed by atoms with E-state index in [9.17, 15) is 0 Å². The van der Waals surface area contributed by atoms with Gasteiger partial charge in [-0.25, -0.2) is 0 Å². The smallest absolute Gasteiger partial charge is 0.0788 e. The van der Waals surface area contributed by atoms with Crippen molar-refractivity contribution < 1.29 is 4.48 Å². The van der Waals surface area contributed by atoms with Gasteiger partial charge in [0.15, 0.2) is 0 Å². The van der Waals surface area contributed by atoms with Gasteiger partial charge in [-0.05, 0) is 25.7 Å². The molecule has 20 heavy (non-hydrogen) atoms. The van der Waals surface area contributed by atoms with Gasteiger partial charge in [0.25, 0.3) is 0 Å². The fraction of sp³-hybridized carbons (Fsp3) is 1.00. The van der Waals surface area contributed by atoms with Gasteiger partial charge in [-0.15, -0.1) is 0 Å². The molecular weight excluding hydrogens is 242 g/mol. The number of likely N-dealkylation sites (tertiary alicyclic amines) is 1. The molecule has 1 saturated heterocycles. The molecule has 1 rings (SSSR count). The lowest BCUT2D eigenvalue weighted by Crippen LogP contribution is -2.46. The Bertz CT molecular complexity index is 206. The van der Waals surface area contributed by atoms with E-state index in [0.717, 1.165) is 0 Å². The average molecular weight is 283 g/mol. The summed E-state index contributed by atoms with van der Waals surface area (Å²) in [7, 11) is 0. The number of hydrogen-bond acceptors (Lipinski definition) is 0. The van der Waals surface area contributed by atoms with Crippen LogP contribution in [0.3, 0.4) is 0 Å². The second-order valence-corrected chi connectivity index (χ2v) is 7.13. The highest BCUT2D eigenvalue weighted by atomic mass is 15.4. The Morgan fingerprint density at radius 2 is 0.950 bits per heavy atom. The lowest BCUT2D eigenvalue weighted by molar-refractivity contribution is -0.917. The molecule has 0 radical (unpaired) electrons. The summed E-state index contributed by atoms with van der Waals surface area (Å²) in [5, 5.41) is 0. The number of rotatable bonds is 13. The van der Waals surface area contributed by atoms with Crippen LogP contribution in [-0.2, 0) is 0 Å². The summed E-state index contributed by atoms with van der Waals surface area (Å²) in [6, 6.07) is 0. The summed E-state index contributed by atoms with van der Waals surface area (Å²) in [6.07, 6.45) is 18.9. The molecule has 1 nitrogen and oxygen atoms in total. The fourth-order valence-corrected chi connectivity index (χ4v) is 3.84. The Morgan fingerprint density at radius 3 is 1.45 bits per heavy atom. The first-order chi connectivity index (χ1) is 9.83. The summed E-state index contributed by atoms with van der Waals surface area (Å²) in [5.41, 5.74) is 0. The SMILES string of the molecule is CCCCCCCCC[N+]1(CCCCCC)CCCC1. The Hall–Kier alpha value is -0.0400. The van der Waals surface area contributed by atoms with Crippen LogP contribution in [0.4, 0.5) is 0 Å². The van der Waals surface area contributed by atoms with Crippen molar-refractivity contribution in [3.05, 3.63) is 0 Å². The number of hydrogen-bond donors (Lipinski definition) is 0. The van der Waals surface area contributed by atoms with Gasteiger partial charge in [-0.3, -0.25) is 0 Å². The summed E-state index contributed by atoms with van der Waals surface area (Å²) < 4.78 is 1.48. The molecule has 0 bridgehead atoms. The Labute approximate surface area is 128 Å². The second-order valence-electron chi connectivity index (χ2n) is 7.13. The molecule has 0 aromatic carbocycles. The van der Waals surface area contributed by atoms with Crippen LogP contribution >= 0.6 is 0 Å². The van der Waals surface area contributed by atoms with Gasteiger partial charge in [-0.2, -0.15) is 0 Å². The molecule has 0 atom stereocenters. The van der Waals surface area contributed by atoms with Gasteiger partial charge < -0.3 is 4.48 Å². The van der Waals surface area contributed by atoms with Gasteiger partial charge in [0.2, 0.25) is 0 Å². The summed E-state index contributed by atoms with van der Waals surface area (Å²) >= 11 is 0. The molecule has 0 aromatic rings. The van der Waals surface area contributed by atoms with Crippen LogP contribution in [0.25, 0.3) is 0 Å². The second kappa shape index (κ2) is 11.6. The molecule has 1 aliphatic rings. The molecule has 0 saturated carbocycles. The van der Waals surface area contributed by atoms with Crippen LogP contribution in [-0.4, -0.2) is 30.7 Å². The predicted octanol–water partition coefficient (Wildman–Crippen LogP) is 5.93. The lowest BCUT2D eigenvalue weighted by atomic mass is 10.1. The standard InChI is InChI=1S/C19H40N/c1-3-5-7-9-10-11-13-17-20(18-14-15-19-20)16-12-8-6-4-2/h3-19H2,1-2H3/q+1. The van der Waals surface area contributed by atoms with Crippen molar-refractivity contribution >= 4 is 0 Å². The van der Waals surface area contributed by atoms with Crippen molar-refractivity contribution in [2.24, 2.45) is 0 Å². The lowest BCUT2D eigenvalue weighted by Gasteiger charge is -2.34. The number of unbranched alkanes of at least 4 members (excludes halogenated alkanes) is 9. The molecule has 0 aromatic heterocycles. The minimum Gasteiger partial charge on any atom is -0.324 e. The molecule has 0 spiro atoms. The van der Waals surface area contributed by atoms with Crippen molar-refractivity contribution in [3.63, 3.8) is 0 Å². The molecule has 1 fully saturated rings. The first-order valence-corrected chi connectivity index (χ1v) is 9.68. The molecule has 1 heteroatoms. The Balaban J connectivity index is 2.08. The van der Waals surface area contributed by atoms with Gasteiger partial charge in [-0.1, -0.05) is 58.8 Å². The number of quaternary nitrogens is 1. The zero-order valence-corrected chi connectivity index (χ0v) is 14.5. The maximum Gasteiger partial charge on any atom is 0.0788 e. The van der Waals surface area contributed by atoms with E-state index < -0.39 is 0 Å². The molecule has 1 aliphatic heterocycles. The monoisotopic (exact) mass is 282 g/mol. The topological polar surface area (TPSA) is 0 Å². The van der Waals surface area contributed by atoms with Crippen LogP contribution in [0.1, 0.15) is 97.3 Å². The third kappa shape index (κ3) is 7.67. The van der Waals surface area contributed by atoms with Crippen LogP contribution in [0.15, 0.2) is 0 Å². The van der Waals surface area contributed by atoms with Crippen molar-refractivity contribution in [1.29, 1.82) is 0 Å². The Morgan fingerprint density at radius 1 is 0.550 bits per heavy atom. The first-order valence-electron chi connectivity index (χ1n) is 9.68. The number of nitrogens with zero attached hydrogens (tertiary/aromatic N) is 1.